The second-order valence-electron chi connectivity index (χ2n) is 3.25. The Kier molecular flexibility index (Phi) is 3.10. The van der Waals surface area contributed by atoms with Crippen LogP contribution in [0, 0.1) is 17.0 Å². The van der Waals surface area contributed by atoms with E-state index >= 15 is 0 Å². The summed E-state index contributed by atoms with van der Waals surface area (Å²) in [5.41, 5.74) is 1.80. The number of hydrogen-bond acceptors (Lipinski definition) is 3. The number of anilines is 1. The second kappa shape index (κ2) is 3.96. The number of rotatable bonds is 2. The Bertz CT molecular complexity index is 377. The van der Waals surface area contributed by atoms with Crippen LogP contribution in [0.3, 0.4) is 0 Å². The molecule has 0 bridgehead atoms. The fraction of sp³-hybridized carbons (Fsp3) is 0.333. The largest absolute Gasteiger partial charge is 0.377 e. The number of non-ortho nitro benzene ring substituents is 1. The molecule has 0 amide bonds. The Hall–Kier alpha value is -1.10. The first-order valence-corrected chi connectivity index (χ1v) is 4.84. The van der Waals surface area contributed by atoms with E-state index in [0.29, 0.717) is 0 Å². The maximum Gasteiger partial charge on any atom is 0.271 e. The Morgan fingerprint density at radius 2 is 2.00 bits per heavy atom. The van der Waals surface area contributed by atoms with Gasteiger partial charge < -0.3 is 4.90 Å². The van der Waals surface area contributed by atoms with Gasteiger partial charge in [-0.3, -0.25) is 10.1 Å². The fourth-order valence-electron chi connectivity index (χ4n) is 1.16. The lowest BCUT2D eigenvalue weighted by molar-refractivity contribution is -0.384. The zero-order chi connectivity index (χ0) is 10.9. The summed E-state index contributed by atoms with van der Waals surface area (Å²) in [5.74, 6) is 0. The van der Waals surface area contributed by atoms with E-state index < -0.39 is 0 Å². The van der Waals surface area contributed by atoms with Crippen molar-refractivity contribution < 1.29 is 4.92 Å². The third-order valence-electron chi connectivity index (χ3n) is 1.91. The summed E-state index contributed by atoms with van der Waals surface area (Å²) >= 11 is 3.40. The lowest BCUT2D eigenvalue weighted by atomic mass is 10.2. The maximum absolute atomic E-state index is 10.6. The summed E-state index contributed by atoms with van der Waals surface area (Å²) in [4.78, 5) is 12.1. The van der Waals surface area contributed by atoms with Crippen molar-refractivity contribution >= 4 is 27.3 Å². The van der Waals surface area contributed by atoms with Gasteiger partial charge in [0, 0.05) is 30.7 Å². The zero-order valence-corrected chi connectivity index (χ0v) is 9.83. The molecule has 0 spiro atoms. The van der Waals surface area contributed by atoms with Gasteiger partial charge in [0.1, 0.15) is 0 Å². The molecule has 0 atom stereocenters. The van der Waals surface area contributed by atoms with E-state index in [2.05, 4.69) is 15.9 Å². The standard InChI is InChI=1S/C9H11BrN2O2/c1-6-4-7(12(13)14)5-8(9(6)10)11(2)3/h4-5H,1-3H3. The van der Waals surface area contributed by atoms with Crippen LogP contribution >= 0.6 is 15.9 Å². The van der Waals surface area contributed by atoms with Crippen molar-refractivity contribution in [2.24, 2.45) is 0 Å². The maximum atomic E-state index is 10.6. The predicted molar refractivity (Wildman–Crippen MR) is 59.9 cm³/mol. The smallest absolute Gasteiger partial charge is 0.271 e. The Labute approximate surface area is 90.8 Å². The van der Waals surface area contributed by atoms with Crippen LogP contribution in [0.25, 0.3) is 0 Å². The average Bonchev–Trinajstić information content (AvgIpc) is 2.08. The quantitative estimate of drug-likeness (QED) is 0.606. The van der Waals surface area contributed by atoms with Crippen LogP contribution < -0.4 is 4.90 Å². The summed E-state index contributed by atoms with van der Waals surface area (Å²) in [6.07, 6.45) is 0. The molecular formula is C9H11BrN2O2. The number of nitrogens with zero attached hydrogens (tertiary/aromatic N) is 2. The van der Waals surface area contributed by atoms with Gasteiger partial charge in [-0.05, 0) is 28.4 Å². The summed E-state index contributed by atoms with van der Waals surface area (Å²) in [5, 5.41) is 10.6. The molecule has 0 fully saturated rings. The molecule has 0 N–H and O–H groups in total. The number of aryl methyl sites for hydroxylation is 1. The topological polar surface area (TPSA) is 46.4 Å². The van der Waals surface area contributed by atoms with Crippen molar-refractivity contribution in [2.45, 2.75) is 6.92 Å². The lowest BCUT2D eigenvalue weighted by Crippen LogP contribution is -2.10. The number of hydrogen-bond donors (Lipinski definition) is 0. The first kappa shape index (κ1) is 11.0. The van der Waals surface area contributed by atoms with Gasteiger partial charge in [0.2, 0.25) is 0 Å². The summed E-state index contributed by atoms with van der Waals surface area (Å²) < 4.78 is 0.896. The molecule has 5 heteroatoms. The van der Waals surface area contributed by atoms with E-state index in [1.807, 2.05) is 25.9 Å². The molecule has 14 heavy (non-hydrogen) atoms. The first-order chi connectivity index (χ1) is 6.43. The van der Waals surface area contributed by atoms with Gasteiger partial charge in [-0.15, -0.1) is 0 Å². The molecular weight excluding hydrogens is 248 g/mol. The van der Waals surface area contributed by atoms with E-state index in [1.165, 1.54) is 0 Å². The van der Waals surface area contributed by atoms with Crippen molar-refractivity contribution in [1.82, 2.24) is 0 Å². The van der Waals surface area contributed by atoms with Crippen LogP contribution in [0.1, 0.15) is 5.56 Å². The van der Waals surface area contributed by atoms with Gasteiger partial charge >= 0.3 is 0 Å². The molecule has 0 heterocycles. The van der Waals surface area contributed by atoms with Crippen molar-refractivity contribution in [2.75, 3.05) is 19.0 Å². The summed E-state index contributed by atoms with van der Waals surface area (Å²) in [7, 11) is 3.70. The Morgan fingerprint density at radius 3 is 2.43 bits per heavy atom. The van der Waals surface area contributed by atoms with Crippen LogP contribution in [0.15, 0.2) is 16.6 Å². The van der Waals surface area contributed by atoms with Crippen molar-refractivity contribution in [3.8, 4) is 0 Å². The highest BCUT2D eigenvalue weighted by Gasteiger charge is 2.13. The number of nitro groups is 1. The van der Waals surface area contributed by atoms with Crippen LogP contribution in [0.4, 0.5) is 11.4 Å². The molecule has 1 aromatic rings. The minimum atomic E-state index is -0.382. The molecule has 0 aliphatic heterocycles. The van der Waals surface area contributed by atoms with E-state index in [1.54, 1.807) is 12.1 Å². The molecule has 0 aromatic heterocycles. The number of halogens is 1. The normalized spacial score (nSPS) is 10.0. The van der Waals surface area contributed by atoms with E-state index in [4.69, 9.17) is 0 Å². The average molecular weight is 259 g/mol. The minimum absolute atomic E-state index is 0.120. The number of benzene rings is 1. The molecule has 0 saturated heterocycles. The van der Waals surface area contributed by atoms with Crippen molar-refractivity contribution in [3.63, 3.8) is 0 Å². The third kappa shape index (κ3) is 2.04. The molecule has 4 nitrogen and oxygen atoms in total. The molecule has 0 radical (unpaired) electrons. The Balaban J connectivity index is 3.35. The molecule has 1 aromatic carbocycles. The SMILES string of the molecule is Cc1cc([N+](=O)[O-])cc(N(C)C)c1Br. The van der Waals surface area contributed by atoms with Crippen LogP contribution in [-0.2, 0) is 0 Å². The second-order valence-corrected chi connectivity index (χ2v) is 4.04. The minimum Gasteiger partial charge on any atom is -0.377 e. The van der Waals surface area contributed by atoms with Crippen molar-refractivity contribution in [3.05, 3.63) is 32.3 Å². The number of nitro benzene ring substituents is 1. The highest BCUT2D eigenvalue weighted by molar-refractivity contribution is 9.10. The zero-order valence-electron chi connectivity index (χ0n) is 8.24. The van der Waals surface area contributed by atoms with Gasteiger partial charge in [-0.2, -0.15) is 0 Å². The highest BCUT2D eigenvalue weighted by Crippen LogP contribution is 2.32. The molecule has 0 saturated carbocycles. The molecule has 0 unspecified atom stereocenters. The molecule has 0 aliphatic rings. The monoisotopic (exact) mass is 258 g/mol. The molecule has 76 valence electrons. The Morgan fingerprint density at radius 1 is 1.43 bits per heavy atom. The van der Waals surface area contributed by atoms with Gasteiger partial charge in [-0.25, -0.2) is 0 Å². The van der Waals surface area contributed by atoms with Gasteiger partial charge in [0.25, 0.3) is 5.69 Å². The van der Waals surface area contributed by atoms with Crippen LogP contribution in [0.2, 0.25) is 0 Å². The lowest BCUT2D eigenvalue weighted by Gasteiger charge is -2.15. The van der Waals surface area contributed by atoms with E-state index in [9.17, 15) is 10.1 Å². The van der Waals surface area contributed by atoms with Crippen LogP contribution in [-0.4, -0.2) is 19.0 Å². The first-order valence-electron chi connectivity index (χ1n) is 4.05. The predicted octanol–water partition coefficient (Wildman–Crippen LogP) is 2.73. The summed E-state index contributed by atoms with van der Waals surface area (Å²) in [6, 6.07) is 3.11. The fourth-order valence-corrected chi connectivity index (χ4v) is 1.75. The van der Waals surface area contributed by atoms with E-state index in [-0.39, 0.29) is 10.6 Å². The van der Waals surface area contributed by atoms with Crippen molar-refractivity contribution in [1.29, 1.82) is 0 Å². The van der Waals surface area contributed by atoms with Gasteiger partial charge in [-0.1, -0.05) is 0 Å². The van der Waals surface area contributed by atoms with E-state index in [0.717, 1.165) is 15.7 Å². The van der Waals surface area contributed by atoms with Gasteiger partial charge in [0.15, 0.2) is 0 Å². The van der Waals surface area contributed by atoms with Crippen LogP contribution in [0.5, 0.6) is 0 Å². The van der Waals surface area contributed by atoms with Gasteiger partial charge in [0.05, 0.1) is 10.6 Å². The third-order valence-corrected chi connectivity index (χ3v) is 2.94. The highest BCUT2D eigenvalue weighted by atomic mass is 79.9. The molecule has 1 rings (SSSR count). The summed E-state index contributed by atoms with van der Waals surface area (Å²) in [6.45, 7) is 1.84. The molecule has 0 aliphatic carbocycles.